The molecule has 2 aliphatic rings. The third kappa shape index (κ3) is 2.31. The lowest BCUT2D eigenvalue weighted by Gasteiger charge is -2.36. The van der Waals surface area contributed by atoms with Crippen LogP contribution in [0.15, 0.2) is 30.3 Å². The Kier molecular flexibility index (Phi) is 3.51. The van der Waals surface area contributed by atoms with Crippen molar-refractivity contribution in [1.29, 1.82) is 0 Å². The summed E-state index contributed by atoms with van der Waals surface area (Å²) in [4.78, 5) is 12.7. The summed E-state index contributed by atoms with van der Waals surface area (Å²) in [5.41, 5.74) is 2.08. The van der Waals surface area contributed by atoms with Crippen molar-refractivity contribution >= 4 is 5.78 Å². The molecule has 0 saturated heterocycles. The number of hydrogen-bond donors (Lipinski definition) is 3. The van der Waals surface area contributed by atoms with Crippen molar-refractivity contribution in [3.63, 3.8) is 0 Å². The smallest absolute Gasteiger partial charge is 0.166 e. The second-order valence-corrected chi connectivity index (χ2v) is 7.14. The second kappa shape index (κ2) is 5.39. The van der Waals surface area contributed by atoms with Crippen molar-refractivity contribution in [3.8, 4) is 5.75 Å². The van der Waals surface area contributed by atoms with Gasteiger partial charge in [-0.25, -0.2) is 0 Å². The van der Waals surface area contributed by atoms with Gasteiger partial charge in [0.05, 0.1) is 12.7 Å². The maximum Gasteiger partial charge on any atom is 0.166 e. The van der Waals surface area contributed by atoms with Gasteiger partial charge in [-0.15, -0.1) is 0 Å². The van der Waals surface area contributed by atoms with E-state index in [0.29, 0.717) is 45.6 Å². The average Bonchev–Trinajstić information content (AvgIpc) is 2.57. The molecule has 130 valence electrons. The van der Waals surface area contributed by atoms with Crippen LogP contribution < -0.4 is 4.74 Å². The van der Waals surface area contributed by atoms with Gasteiger partial charge in [-0.3, -0.25) is 4.79 Å². The van der Waals surface area contributed by atoms with Crippen molar-refractivity contribution < 1.29 is 24.9 Å². The van der Waals surface area contributed by atoms with Crippen molar-refractivity contribution in [3.05, 3.63) is 63.7 Å². The summed E-state index contributed by atoms with van der Waals surface area (Å²) in [6, 6.07) is 8.71. The number of benzene rings is 2. The largest absolute Gasteiger partial charge is 0.496 e. The molecule has 3 atom stereocenters. The molecule has 2 aromatic rings. The Morgan fingerprint density at radius 1 is 1.04 bits per heavy atom. The fraction of sp³-hybridized carbons (Fsp3) is 0.350. The summed E-state index contributed by atoms with van der Waals surface area (Å²) < 4.78 is 5.34. The van der Waals surface area contributed by atoms with E-state index in [1.54, 1.807) is 37.3 Å². The topological polar surface area (TPSA) is 87.0 Å². The Bertz CT molecular complexity index is 884. The number of fused-ring (bicyclic) bond motifs is 4. The van der Waals surface area contributed by atoms with Crippen LogP contribution >= 0.6 is 0 Å². The molecule has 0 aliphatic heterocycles. The number of carbonyl (C=O) groups is 1. The minimum Gasteiger partial charge on any atom is -0.496 e. The standard InChI is InChI=1S/C20H20O5/c1-20(24)8-10-6-7-12-17(15(10)13(21)9-20)19(23)11-4-3-5-14(25-2)16(11)18(12)22/h3-7,18-19,22-24H,8-9H2,1-2H3/t18-,19-,20+/m1/s1. The average molecular weight is 340 g/mol. The molecule has 3 N–H and O–H groups in total. The third-order valence-electron chi connectivity index (χ3n) is 5.21. The zero-order valence-electron chi connectivity index (χ0n) is 14.1. The van der Waals surface area contributed by atoms with Crippen LogP contribution in [0.5, 0.6) is 5.75 Å². The highest BCUT2D eigenvalue weighted by Crippen LogP contribution is 2.47. The van der Waals surface area contributed by atoms with Crippen molar-refractivity contribution in [2.24, 2.45) is 0 Å². The number of hydrogen-bond acceptors (Lipinski definition) is 5. The van der Waals surface area contributed by atoms with E-state index in [0.717, 1.165) is 0 Å². The number of carbonyl (C=O) groups excluding carboxylic acids is 1. The second-order valence-electron chi connectivity index (χ2n) is 7.14. The zero-order chi connectivity index (χ0) is 17.9. The number of ether oxygens (including phenoxy) is 1. The first kappa shape index (κ1) is 16.3. The van der Waals surface area contributed by atoms with E-state index in [4.69, 9.17) is 4.74 Å². The van der Waals surface area contributed by atoms with Gasteiger partial charge in [-0.1, -0.05) is 24.3 Å². The van der Waals surface area contributed by atoms with Crippen molar-refractivity contribution in [2.45, 2.75) is 37.6 Å². The van der Waals surface area contributed by atoms with Crippen LogP contribution in [0, 0.1) is 0 Å². The third-order valence-corrected chi connectivity index (χ3v) is 5.21. The number of rotatable bonds is 1. The predicted molar refractivity (Wildman–Crippen MR) is 90.8 cm³/mol. The van der Waals surface area contributed by atoms with Crippen molar-refractivity contribution in [2.75, 3.05) is 7.11 Å². The summed E-state index contributed by atoms with van der Waals surface area (Å²) in [5, 5.41) is 32.1. The number of ketones is 1. The lowest BCUT2D eigenvalue weighted by Crippen LogP contribution is -2.37. The number of Topliss-reactive ketones (excluding diaryl/α,β-unsaturated/α-hetero) is 1. The number of aliphatic hydroxyl groups is 3. The first-order valence-corrected chi connectivity index (χ1v) is 8.28. The molecular formula is C20H20O5. The van der Waals surface area contributed by atoms with E-state index in [9.17, 15) is 20.1 Å². The molecule has 0 unspecified atom stereocenters. The van der Waals surface area contributed by atoms with Gasteiger partial charge in [0.25, 0.3) is 0 Å². The summed E-state index contributed by atoms with van der Waals surface area (Å²) in [7, 11) is 1.52. The first-order valence-electron chi connectivity index (χ1n) is 8.28. The highest BCUT2D eigenvalue weighted by Gasteiger charge is 2.40. The molecule has 0 saturated carbocycles. The lowest BCUT2D eigenvalue weighted by atomic mass is 9.72. The van der Waals surface area contributed by atoms with Crippen LogP contribution in [0.3, 0.4) is 0 Å². The quantitative estimate of drug-likeness (QED) is 0.740. The van der Waals surface area contributed by atoms with Gasteiger partial charge >= 0.3 is 0 Å². The Morgan fingerprint density at radius 3 is 2.44 bits per heavy atom. The molecule has 0 aromatic heterocycles. The Labute approximate surface area is 145 Å². The summed E-state index contributed by atoms with van der Waals surface area (Å²) >= 11 is 0. The molecule has 0 spiro atoms. The van der Waals surface area contributed by atoms with Gasteiger partial charge in [0, 0.05) is 29.5 Å². The van der Waals surface area contributed by atoms with Crippen LogP contribution in [0.2, 0.25) is 0 Å². The number of aliphatic hydroxyl groups excluding tert-OH is 2. The molecule has 2 aliphatic carbocycles. The highest BCUT2D eigenvalue weighted by molar-refractivity contribution is 6.01. The van der Waals surface area contributed by atoms with E-state index in [1.165, 1.54) is 7.11 Å². The highest BCUT2D eigenvalue weighted by atomic mass is 16.5. The van der Waals surface area contributed by atoms with Crippen LogP contribution in [-0.2, 0) is 6.42 Å². The first-order chi connectivity index (χ1) is 11.8. The normalized spacial score (nSPS) is 27.3. The minimum absolute atomic E-state index is 0.00420. The van der Waals surface area contributed by atoms with E-state index in [2.05, 4.69) is 0 Å². The van der Waals surface area contributed by atoms with Crippen LogP contribution in [0.1, 0.15) is 63.7 Å². The lowest BCUT2D eigenvalue weighted by molar-refractivity contribution is 0.0406. The maximum absolute atomic E-state index is 12.7. The predicted octanol–water partition coefficient (Wildman–Crippen LogP) is 2.05. The molecule has 25 heavy (non-hydrogen) atoms. The van der Waals surface area contributed by atoms with Crippen molar-refractivity contribution in [1.82, 2.24) is 0 Å². The Hall–Kier alpha value is -2.21. The molecule has 5 heteroatoms. The van der Waals surface area contributed by atoms with Crippen LogP contribution in [-0.4, -0.2) is 33.8 Å². The van der Waals surface area contributed by atoms with E-state index >= 15 is 0 Å². The SMILES string of the molecule is COc1cccc2c1[C@H](O)c1ccc3c(c1[C@@H]2O)C(=O)C[C@@](C)(O)C3. The van der Waals surface area contributed by atoms with Gasteiger partial charge in [-0.05, 0) is 29.7 Å². The maximum atomic E-state index is 12.7. The molecule has 0 heterocycles. The molecule has 2 aromatic carbocycles. The van der Waals surface area contributed by atoms with E-state index in [-0.39, 0.29) is 12.2 Å². The molecule has 4 rings (SSSR count). The Balaban J connectivity index is 1.96. The monoisotopic (exact) mass is 340 g/mol. The molecule has 0 amide bonds. The van der Waals surface area contributed by atoms with Crippen LogP contribution in [0.25, 0.3) is 0 Å². The zero-order valence-corrected chi connectivity index (χ0v) is 14.1. The fourth-order valence-corrected chi connectivity index (χ4v) is 4.18. The van der Waals surface area contributed by atoms with Gasteiger partial charge in [0.1, 0.15) is 18.0 Å². The van der Waals surface area contributed by atoms with Gasteiger partial charge in [0.2, 0.25) is 0 Å². The molecule has 5 nitrogen and oxygen atoms in total. The van der Waals surface area contributed by atoms with E-state index in [1.807, 2.05) is 0 Å². The Morgan fingerprint density at radius 2 is 1.72 bits per heavy atom. The minimum atomic E-state index is -1.09. The molecule has 0 radical (unpaired) electrons. The van der Waals surface area contributed by atoms with Gasteiger partial charge < -0.3 is 20.1 Å². The number of methoxy groups -OCH3 is 1. The summed E-state index contributed by atoms with van der Waals surface area (Å²) in [6.07, 6.45) is -1.66. The van der Waals surface area contributed by atoms with Crippen LogP contribution in [0.4, 0.5) is 0 Å². The molecule has 0 bridgehead atoms. The van der Waals surface area contributed by atoms with Gasteiger partial charge in [0.15, 0.2) is 5.78 Å². The molecule has 0 fully saturated rings. The molecular weight excluding hydrogens is 320 g/mol. The van der Waals surface area contributed by atoms with Gasteiger partial charge in [-0.2, -0.15) is 0 Å². The summed E-state index contributed by atoms with van der Waals surface area (Å²) in [6.45, 7) is 1.64. The fourth-order valence-electron chi connectivity index (χ4n) is 4.18. The summed E-state index contributed by atoms with van der Waals surface area (Å²) in [5.74, 6) is 0.294. The van der Waals surface area contributed by atoms with E-state index < -0.39 is 17.8 Å².